The second kappa shape index (κ2) is 15.2. The molecular weight excluding hydrogens is 654 g/mol. The van der Waals surface area contributed by atoms with Crippen LogP contribution in [0.4, 0.5) is 0 Å². The number of hydrogen-bond donors (Lipinski definition) is 1. The van der Waals surface area contributed by atoms with E-state index in [1.54, 1.807) is 4.31 Å². The zero-order chi connectivity index (χ0) is 33.8. The number of sulfonamides is 1. The first-order chi connectivity index (χ1) is 23.8. The van der Waals surface area contributed by atoms with Gasteiger partial charge in [-0.15, -0.1) is 0 Å². The highest BCUT2D eigenvalue weighted by Crippen LogP contribution is 2.33. The average Bonchev–Trinajstić information content (AvgIpc) is 3.48. The molecule has 3 aromatic carbocycles. The Morgan fingerprint density at radius 3 is 2.61 bits per heavy atom. The van der Waals surface area contributed by atoms with Gasteiger partial charge in [-0.05, 0) is 66.6 Å². The number of aryl methyl sites for hydroxylation is 2. The minimum atomic E-state index is -3.34. The van der Waals surface area contributed by atoms with Crippen molar-refractivity contribution in [2.75, 3.05) is 45.6 Å². The fraction of sp³-hybridized carbons (Fsp3) is 0.410. The SMILES string of the molecule is CS(=O)(=O)N1CCc2c(c(-c3ccc(Cl)c(C#Cc4ccc(CNC5CCCc6ccccc65)cc4)c3)nn2CCCN2CCOCC2)C1. The molecule has 1 fully saturated rings. The van der Waals surface area contributed by atoms with Gasteiger partial charge in [-0.3, -0.25) is 9.58 Å². The van der Waals surface area contributed by atoms with Crippen molar-refractivity contribution in [1.29, 1.82) is 0 Å². The Labute approximate surface area is 295 Å². The number of aromatic nitrogens is 2. The number of ether oxygens (including phenoxy) is 1. The van der Waals surface area contributed by atoms with Crippen LogP contribution in [-0.2, 0) is 47.2 Å². The Kier molecular flexibility index (Phi) is 10.5. The molecule has 3 aliphatic rings. The molecule has 256 valence electrons. The zero-order valence-electron chi connectivity index (χ0n) is 28.1. The normalized spacial score (nSPS) is 18.4. The van der Waals surface area contributed by atoms with Gasteiger partial charge in [0, 0.05) is 86.2 Å². The molecule has 3 heterocycles. The van der Waals surface area contributed by atoms with Gasteiger partial charge in [0.05, 0.1) is 30.2 Å². The molecule has 7 rings (SSSR count). The van der Waals surface area contributed by atoms with Crippen LogP contribution in [0.3, 0.4) is 0 Å². The highest BCUT2D eigenvalue weighted by atomic mass is 35.5. The van der Waals surface area contributed by atoms with Gasteiger partial charge in [0.1, 0.15) is 0 Å². The Morgan fingerprint density at radius 2 is 1.80 bits per heavy atom. The van der Waals surface area contributed by atoms with Crippen LogP contribution >= 0.6 is 11.6 Å². The lowest BCUT2D eigenvalue weighted by molar-refractivity contribution is 0.0368. The zero-order valence-corrected chi connectivity index (χ0v) is 29.7. The van der Waals surface area contributed by atoms with Crippen LogP contribution in [0.25, 0.3) is 11.3 Å². The molecule has 0 radical (unpaired) electrons. The summed E-state index contributed by atoms with van der Waals surface area (Å²) in [6.45, 7) is 6.81. The van der Waals surface area contributed by atoms with E-state index in [4.69, 9.17) is 21.4 Å². The third kappa shape index (κ3) is 8.12. The van der Waals surface area contributed by atoms with E-state index in [1.165, 1.54) is 29.4 Å². The Hall–Kier alpha value is -3.49. The summed E-state index contributed by atoms with van der Waals surface area (Å²) < 4.78 is 34.2. The van der Waals surface area contributed by atoms with Gasteiger partial charge in [-0.2, -0.15) is 9.40 Å². The lowest BCUT2D eigenvalue weighted by Crippen LogP contribution is -2.37. The highest BCUT2D eigenvalue weighted by Gasteiger charge is 2.30. The summed E-state index contributed by atoms with van der Waals surface area (Å²) in [6, 6.07) is 23.4. The second-order valence-corrected chi connectivity index (χ2v) is 15.7. The molecular formula is C39H44ClN5O3S. The van der Waals surface area contributed by atoms with Gasteiger partial charge in [-0.1, -0.05) is 65.9 Å². The smallest absolute Gasteiger partial charge is 0.211 e. The molecule has 2 aliphatic heterocycles. The molecule has 0 bridgehead atoms. The molecule has 1 saturated heterocycles. The molecule has 1 atom stereocenters. The predicted molar refractivity (Wildman–Crippen MR) is 195 cm³/mol. The summed E-state index contributed by atoms with van der Waals surface area (Å²) in [5.74, 6) is 6.59. The molecule has 10 heteroatoms. The molecule has 0 saturated carbocycles. The maximum Gasteiger partial charge on any atom is 0.211 e. The van der Waals surface area contributed by atoms with Crippen LogP contribution in [0.2, 0.25) is 5.02 Å². The van der Waals surface area contributed by atoms with Crippen molar-refractivity contribution < 1.29 is 13.2 Å². The number of hydrogen-bond acceptors (Lipinski definition) is 6. The molecule has 49 heavy (non-hydrogen) atoms. The number of morpholine rings is 1. The molecule has 0 amide bonds. The highest BCUT2D eigenvalue weighted by molar-refractivity contribution is 7.88. The van der Waals surface area contributed by atoms with E-state index in [9.17, 15) is 8.42 Å². The number of nitrogens with one attached hydrogen (secondary N) is 1. The summed E-state index contributed by atoms with van der Waals surface area (Å²) in [6.07, 6.45) is 6.41. The van der Waals surface area contributed by atoms with E-state index in [1.807, 2.05) is 18.2 Å². The van der Waals surface area contributed by atoms with Crippen molar-refractivity contribution in [3.63, 3.8) is 0 Å². The van der Waals surface area contributed by atoms with Crippen LogP contribution in [0.5, 0.6) is 0 Å². The molecule has 1 aromatic heterocycles. The van der Waals surface area contributed by atoms with Crippen molar-refractivity contribution in [3.05, 3.63) is 111 Å². The van der Waals surface area contributed by atoms with Crippen LogP contribution in [0.15, 0.2) is 66.7 Å². The quantitative estimate of drug-likeness (QED) is 0.223. The van der Waals surface area contributed by atoms with E-state index in [0.29, 0.717) is 36.1 Å². The molecule has 4 aromatic rings. The topological polar surface area (TPSA) is 79.7 Å². The van der Waals surface area contributed by atoms with Crippen LogP contribution in [0, 0.1) is 11.8 Å². The Morgan fingerprint density at radius 1 is 0.980 bits per heavy atom. The largest absolute Gasteiger partial charge is 0.379 e. The Bertz CT molecular complexity index is 1960. The summed E-state index contributed by atoms with van der Waals surface area (Å²) in [5.41, 5.74) is 9.51. The fourth-order valence-corrected chi connectivity index (χ4v) is 8.21. The van der Waals surface area contributed by atoms with E-state index in [2.05, 4.69) is 75.3 Å². The standard InChI is InChI=1S/C39H44ClN5O3S/c1-49(46,47)44-21-18-38-35(28-44)39(42-45(38)20-5-19-43-22-24-48-25-23-43)33-16-17-36(40)32(26-33)15-14-29-10-12-30(13-11-29)27-41-37-9-4-7-31-6-2-3-8-34(31)37/h2-3,6,8,10-13,16-17,26,37,41H,4-5,7,9,18-25,27-28H2,1H3. The Balaban J connectivity index is 1.07. The summed E-state index contributed by atoms with van der Waals surface area (Å²) >= 11 is 6.66. The van der Waals surface area contributed by atoms with E-state index in [-0.39, 0.29) is 0 Å². The number of benzene rings is 3. The lowest BCUT2D eigenvalue weighted by atomic mass is 9.87. The fourth-order valence-electron chi connectivity index (χ4n) is 7.26. The van der Waals surface area contributed by atoms with Crippen LogP contribution in [-0.4, -0.2) is 73.1 Å². The molecule has 1 aliphatic carbocycles. The number of fused-ring (bicyclic) bond motifs is 2. The molecule has 1 N–H and O–H groups in total. The maximum atomic E-state index is 12.5. The van der Waals surface area contributed by atoms with Crippen molar-refractivity contribution in [3.8, 4) is 23.1 Å². The summed E-state index contributed by atoms with van der Waals surface area (Å²) in [5, 5.41) is 9.41. The first kappa shape index (κ1) is 34.0. The van der Waals surface area contributed by atoms with Crippen molar-refractivity contribution in [2.45, 2.75) is 57.8 Å². The number of halogens is 1. The molecule has 0 spiro atoms. The summed E-state index contributed by atoms with van der Waals surface area (Å²) in [7, 11) is -3.34. The van der Waals surface area contributed by atoms with Crippen LogP contribution < -0.4 is 5.32 Å². The third-order valence-electron chi connectivity index (χ3n) is 9.97. The predicted octanol–water partition coefficient (Wildman–Crippen LogP) is 5.81. The van der Waals surface area contributed by atoms with Crippen molar-refractivity contribution in [2.24, 2.45) is 0 Å². The van der Waals surface area contributed by atoms with Gasteiger partial charge in [-0.25, -0.2) is 8.42 Å². The van der Waals surface area contributed by atoms with Gasteiger partial charge in [0.25, 0.3) is 0 Å². The van der Waals surface area contributed by atoms with Crippen molar-refractivity contribution >= 4 is 21.6 Å². The molecule has 1 unspecified atom stereocenters. The third-order valence-corrected chi connectivity index (χ3v) is 11.6. The number of rotatable bonds is 9. The van der Waals surface area contributed by atoms with E-state index >= 15 is 0 Å². The molecule has 8 nitrogen and oxygen atoms in total. The first-order valence-electron chi connectivity index (χ1n) is 17.4. The van der Waals surface area contributed by atoms with Gasteiger partial charge in [0.2, 0.25) is 10.0 Å². The van der Waals surface area contributed by atoms with Gasteiger partial charge in [0.15, 0.2) is 0 Å². The summed E-state index contributed by atoms with van der Waals surface area (Å²) in [4.78, 5) is 2.43. The van der Waals surface area contributed by atoms with E-state index < -0.39 is 10.0 Å². The average molecular weight is 698 g/mol. The monoisotopic (exact) mass is 697 g/mol. The minimum absolute atomic E-state index is 0.311. The van der Waals surface area contributed by atoms with Gasteiger partial charge >= 0.3 is 0 Å². The number of nitrogens with zero attached hydrogens (tertiary/aromatic N) is 4. The van der Waals surface area contributed by atoms with Crippen LogP contribution in [0.1, 0.15) is 64.4 Å². The minimum Gasteiger partial charge on any atom is -0.379 e. The van der Waals surface area contributed by atoms with Gasteiger partial charge < -0.3 is 10.1 Å². The second-order valence-electron chi connectivity index (χ2n) is 13.3. The van der Waals surface area contributed by atoms with E-state index in [0.717, 1.165) is 93.3 Å². The first-order valence-corrected chi connectivity index (χ1v) is 19.6. The lowest BCUT2D eigenvalue weighted by Gasteiger charge is -2.27. The maximum absolute atomic E-state index is 12.5. The van der Waals surface area contributed by atoms with Crippen molar-refractivity contribution in [1.82, 2.24) is 24.3 Å².